The van der Waals surface area contributed by atoms with Crippen molar-refractivity contribution in [2.24, 2.45) is 10.9 Å². The Bertz CT molecular complexity index is 846. The van der Waals surface area contributed by atoms with Crippen molar-refractivity contribution in [3.8, 4) is 0 Å². The molecule has 2 N–H and O–H groups in total. The molecule has 1 aromatic rings. The first-order chi connectivity index (χ1) is 14.7. The number of benzene rings is 1. The summed E-state index contributed by atoms with van der Waals surface area (Å²) in [4.78, 5) is 9.83. The number of piperidine rings is 1. The molecule has 2 unspecified atom stereocenters. The molecule has 4 aliphatic heterocycles. The number of ether oxygens (including phenoxy) is 1. The first-order valence-electron chi connectivity index (χ1n) is 11.2. The molecular formula is C24H32N4O2. The largest absolute Gasteiger partial charge is 0.393 e. The van der Waals surface area contributed by atoms with Crippen LogP contribution in [0.5, 0.6) is 0 Å². The van der Waals surface area contributed by atoms with E-state index in [-0.39, 0.29) is 18.1 Å². The molecule has 1 aromatic carbocycles. The minimum absolute atomic E-state index is 0.122. The van der Waals surface area contributed by atoms with Gasteiger partial charge in [-0.2, -0.15) is 0 Å². The Morgan fingerprint density at radius 1 is 1.10 bits per heavy atom. The standard InChI is InChI=1S/C24H32N4O2/c1-17-14-23-22(15-19(26-23)16-27-10-12-30-13-11-27)24(25-17)18-2-4-20(5-3-18)28-8-6-21(29)7-9-28/h2-5,14-15,21-22,24,26,29H,6-13,16H2,1H3. The number of nitrogens with zero attached hydrogens (tertiary/aromatic N) is 3. The second-order valence-corrected chi connectivity index (χ2v) is 8.86. The van der Waals surface area contributed by atoms with Gasteiger partial charge in [0, 0.05) is 61.4 Å². The molecule has 160 valence electrons. The number of aliphatic hydroxyl groups excluding tert-OH is 1. The second-order valence-electron chi connectivity index (χ2n) is 8.86. The number of allylic oxidation sites excluding steroid dienone is 1. The molecule has 0 radical (unpaired) electrons. The van der Waals surface area contributed by atoms with Crippen molar-refractivity contribution in [3.05, 3.63) is 53.4 Å². The summed E-state index contributed by atoms with van der Waals surface area (Å²) in [6, 6.07) is 9.03. The van der Waals surface area contributed by atoms with Crippen LogP contribution in [-0.4, -0.2) is 67.8 Å². The van der Waals surface area contributed by atoms with Gasteiger partial charge in [0.1, 0.15) is 0 Å². The van der Waals surface area contributed by atoms with Gasteiger partial charge in [-0.15, -0.1) is 0 Å². The number of fused-ring (bicyclic) bond motifs is 1. The van der Waals surface area contributed by atoms with Crippen LogP contribution < -0.4 is 10.2 Å². The molecule has 5 rings (SSSR count). The maximum absolute atomic E-state index is 9.76. The van der Waals surface area contributed by atoms with E-state index in [0.717, 1.165) is 64.5 Å². The predicted octanol–water partition coefficient (Wildman–Crippen LogP) is 2.48. The van der Waals surface area contributed by atoms with Crippen molar-refractivity contribution < 1.29 is 9.84 Å². The van der Waals surface area contributed by atoms with E-state index in [2.05, 4.69) is 58.5 Å². The van der Waals surface area contributed by atoms with Gasteiger partial charge in [-0.05, 0) is 43.5 Å². The summed E-state index contributed by atoms with van der Waals surface area (Å²) in [6.07, 6.45) is 6.14. The summed E-state index contributed by atoms with van der Waals surface area (Å²) in [5.41, 5.74) is 6.13. The van der Waals surface area contributed by atoms with Crippen molar-refractivity contribution in [3.63, 3.8) is 0 Å². The van der Waals surface area contributed by atoms with Gasteiger partial charge in [-0.1, -0.05) is 18.2 Å². The summed E-state index contributed by atoms with van der Waals surface area (Å²) < 4.78 is 5.48. The molecule has 6 heteroatoms. The lowest BCUT2D eigenvalue weighted by Gasteiger charge is -2.32. The van der Waals surface area contributed by atoms with E-state index in [4.69, 9.17) is 9.73 Å². The van der Waals surface area contributed by atoms with Gasteiger partial charge in [0.25, 0.3) is 0 Å². The third-order valence-electron chi connectivity index (χ3n) is 6.65. The van der Waals surface area contributed by atoms with Crippen LogP contribution in [-0.2, 0) is 4.74 Å². The van der Waals surface area contributed by atoms with Crippen molar-refractivity contribution >= 4 is 11.4 Å². The van der Waals surface area contributed by atoms with Gasteiger partial charge in [0.2, 0.25) is 0 Å². The molecule has 2 saturated heterocycles. The zero-order valence-corrected chi connectivity index (χ0v) is 17.8. The van der Waals surface area contributed by atoms with Crippen LogP contribution in [0.3, 0.4) is 0 Å². The van der Waals surface area contributed by atoms with E-state index in [1.54, 1.807) is 0 Å². The number of aliphatic hydroxyl groups is 1. The highest BCUT2D eigenvalue weighted by atomic mass is 16.5. The van der Waals surface area contributed by atoms with Crippen molar-refractivity contribution in [2.75, 3.05) is 50.8 Å². The SMILES string of the molecule is CC1=NC(c2ccc(N3CCC(O)CC3)cc2)C2C=C(CN3CCOCC3)NC2=C1. The van der Waals surface area contributed by atoms with E-state index in [1.807, 2.05) is 0 Å². The van der Waals surface area contributed by atoms with Crippen LogP contribution in [0.25, 0.3) is 0 Å². The third kappa shape index (κ3) is 4.17. The molecule has 0 aromatic heterocycles. The second kappa shape index (κ2) is 8.53. The molecule has 0 aliphatic carbocycles. The molecule has 4 heterocycles. The quantitative estimate of drug-likeness (QED) is 0.802. The van der Waals surface area contributed by atoms with Gasteiger partial charge in [-0.25, -0.2) is 0 Å². The average molecular weight is 409 g/mol. The highest BCUT2D eigenvalue weighted by molar-refractivity contribution is 5.94. The first kappa shape index (κ1) is 19.8. The summed E-state index contributed by atoms with van der Waals surface area (Å²) >= 11 is 0. The van der Waals surface area contributed by atoms with Crippen LogP contribution in [0.2, 0.25) is 0 Å². The molecule has 30 heavy (non-hydrogen) atoms. The zero-order chi connectivity index (χ0) is 20.5. The van der Waals surface area contributed by atoms with Gasteiger partial charge >= 0.3 is 0 Å². The topological polar surface area (TPSA) is 60.3 Å². The van der Waals surface area contributed by atoms with Crippen LogP contribution in [0.15, 0.2) is 52.8 Å². The summed E-state index contributed by atoms with van der Waals surface area (Å²) in [5.74, 6) is 0.278. The van der Waals surface area contributed by atoms with Gasteiger partial charge in [0.15, 0.2) is 0 Å². The monoisotopic (exact) mass is 408 g/mol. The van der Waals surface area contributed by atoms with E-state index >= 15 is 0 Å². The molecule has 2 fully saturated rings. The number of dihydropyridines is 1. The Morgan fingerprint density at radius 3 is 2.57 bits per heavy atom. The van der Waals surface area contributed by atoms with Crippen molar-refractivity contribution in [2.45, 2.75) is 31.9 Å². The lowest BCUT2D eigenvalue weighted by molar-refractivity contribution is 0.0418. The molecule has 4 aliphatic rings. The number of anilines is 1. The molecule has 2 atom stereocenters. The number of hydrogen-bond acceptors (Lipinski definition) is 6. The van der Waals surface area contributed by atoms with Crippen LogP contribution >= 0.6 is 0 Å². The molecule has 0 amide bonds. The molecule has 0 saturated carbocycles. The highest BCUT2D eigenvalue weighted by Gasteiger charge is 2.33. The van der Waals surface area contributed by atoms with Gasteiger partial charge in [-0.3, -0.25) is 9.89 Å². The van der Waals surface area contributed by atoms with E-state index in [9.17, 15) is 5.11 Å². The number of morpholine rings is 1. The third-order valence-corrected chi connectivity index (χ3v) is 6.65. The van der Waals surface area contributed by atoms with Gasteiger partial charge in [0.05, 0.1) is 25.4 Å². The summed E-state index contributed by atoms with van der Waals surface area (Å²) in [5, 5.41) is 13.4. The fourth-order valence-electron chi connectivity index (χ4n) is 4.95. The average Bonchev–Trinajstić information content (AvgIpc) is 3.16. The Morgan fingerprint density at radius 2 is 1.83 bits per heavy atom. The Labute approximate surface area is 178 Å². The maximum Gasteiger partial charge on any atom is 0.0870 e. The van der Waals surface area contributed by atoms with E-state index in [1.165, 1.54) is 22.6 Å². The maximum atomic E-state index is 9.76. The lowest BCUT2D eigenvalue weighted by Crippen LogP contribution is -2.38. The molecular weight excluding hydrogens is 376 g/mol. The first-order valence-corrected chi connectivity index (χ1v) is 11.2. The smallest absolute Gasteiger partial charge is 0.0870 e. The Hall–Kier alpha value is -2.15. The van der Waals surface area contributed by atoms with Gasteiger partial charge < -0.3 is 20.1 Å². The van der Waals surface area contributed by atoms with Crippen LogP contribution in [0, 0.1) is 5.92 Å². The van der Waals surface area contributed by atoms with Crippen LogP contribution in [0.1, 0.15) is 31.4 Å². The predicted molar refractivity (Wildman–Crippen MR) is 120 cm³/mol. The highest BCUT2D eigenvalue weighted by Crippen LogP contribution is 2.39. The fourth-order valence-corrected chi connectivity index (χ4v) is 4.95. The number of rotatable bonds is 4. The molecule has 0 bridgehead atoms. The van der Waals surface area contributed by atoms with Crippen LogP contribution in [0.4, 0.5) is 5.69 Å². The fraction of sp³-hybridized carbons (Fsp3) is 0.542. The number of aliphatic imine (C=N–C) groups is 1. The summed E-state index contributed by atoms with van der Waals surface area (Å²) in [6.45, 7) is 8.53. The lowest BCUT2D eigenvalue weighted by atomic mass is 9.89. The molecule has 0 spiro atoms. The van der Waals surface area contributed by atoms with E-state index in [0.29, 0.717) is 0 Å². The normalized spacial score (nSPS) is 27.8. The Kier molecular flexibility index (Phi) is 5.63. The molecule has 6 nitrogen and oxygen atoms in total. The number of nitrogens with one attached hydrogen (secondary N) is 1. The minimum Gasteiger partial charge on any atom is -0.393 e. The summed E-state index contributed by atoms with van der Waals surface area (Å²) in [7, 11) is 0. The van der Waals surface area contributed by atoms with E-state index < -0.39 is 0 Å². The van der Waals surface area contributed by atoms with Crippen molar-refractivity contribution in [1.82, 2.24) is 10.2 Å². The van der Waals surface area contributed by atoms with Crippen molar-refractivity contribution in [1.29, 1.82) is 0 Å². The Balaban J connectivity index is 1.31. The minimum atomic E-state index is -0.140. The zero-order valence-electron chi connectivity index (χ0n) is 17.8. The number of hydrogen-bond donors (Lipinski definition) is 2.